The molecule has 0 spiro atoms. The summed E-state index contributed by atoms with van der Waals surface area (Å²) in [7, 11) is 2.06. The van der Waals surface area contributed by atoms with E-state index in [9.17, 15) is 0 Å². The van der Waals surface area contributed by atoms with Crippen molar-refractivity contribution in [1.82, 2.24) is 0 Å². The van der Waals surface area contributed by atoms with Crippen molar-refractivity contribution in [3.63, 3.8) is 0 Å². The van der Waals surface area contributed by atoms with Gasteiger partial charge in [-0.05, 0) is 74.8 Å². The number of hydrogen-bond acceptors (Lipinski definition) is 0. The largest absolute Gasteiger partial charge is 2.00 e. The third-order valence-electron chi connectivity index (χ3n) is 4.72. The number of benzene rings is 4. The fourth-order valence-electron chi connectivity index (χ4n) is 3.01. The molecule has 0 unspecified atom stereocenters. The van der Waals surface area contributed by atoms with Crippen molar-refractivity contribution in [3.05, 3.63) is 186 Å². The van der Waals surface area contributed by atoms with Gasteiger partial charge in [0.1, 0.15) is 0 Å². The van der Waals surface area contributed by atoms with E-state index in [1.54, 1.807) is 0 Å². The molecule has 2 aliphatic carbocycles. The first-order valence-corrected chi connectivity index (χ1v) is 13.8. The number of rotatable bonds is 4. The average molecular weight is 601 g/mol. The van der Waals surface area contributed by atoms with Gasteiger partial charge in [-0.3, -0.25) is 0 Å². The summed E-state index contributed by atoms with van der Waals surface area (Å²) in [6, 6.07) is 42.1. The zero-order valence-corrected chi connectivity index (χ0v) is 25.8. The van der Waals surface area contributed by atoms with Crippen LogP contribution in [0.4, 0.5) is 0 Å². The van der Waals surface area contributed by atoms with Crippen LogP contribution in [0.15, 0.2) is 121 Å². The Balaban J connectivity index is 0.000000270. The minimum absolute atomic E-state index is 0. The normalized spacial score (nSPS) is 13.1. The first-order chi connectivity index (χ1) is 17.9. The average Bonchev–Trinajstić information content (AvgIpc) is 3.72. The fraction of sp³-hybridized carbons (Fsp3) is 0. The van der Waals surface area contributed by atoms with Gasteiger partial charge in [0.2, 0.25) is 0 Å². The van der Waals surface area contributed by atoms with Crippen molar-refractivity contribution in [1.29, 1.82) is 0 Å². The molecule has 11 radical (unpaired) electrons. The van der Waals surface area contributed by atoms with Crippen LogP contribution in [0.3, 0.4) is 0 Å². The van der Waals surface area contributed by atoms with Gasteiger partial charge in [0.25, 0.3) is 0 Å². The van der Waals surface area contributed by atoms with E-state index in [4.69, 9.17) is 0 Å². The maximum absolute atomic E-state index is 2.17. The van der Waals surface area contributed by atoms with E-state index in [2.05, 4.69) is 109 Å². The van der Waals surface area contributed by atoms with Gasteiger partial charge in [-0.1, -0.05) is 130 Å². The van der Waals surface area contributed by atoms with Crippen molar-refractivity contribution in [3.8, 4) is 0 Å². The monoisotopic (exact) mass is 601 g/mol. The second kappa shape index (κ2) is 23.9. The molecule has 38 heavy (non-hydrogen) atoms. The minimum atomic E-state index is 0. The third-order valence-corrected chi connectivity index (χ3v) is 7.07. The van der Waals surface area contributed by atoms with Crippen molar-refractivity contribution in [2.24, 2.45) is 0 Å². The van der Waals surface area contributed by atoms with E-state index >= 15 is 0 Å². The maximum atomic E-state index is 2.17. The standard InChI is InChI=1S/C12H11P.C12H10P.2C5H5.Li.Nb/c2*1-3-7-11(8-4-1)13-12-9-5-2-6-10-12;2*1-2-4-5-3-1;;/h1-10,13H;1-10H;2*1-5H;;/q;-1;;;+1;+2. The Labute approximate surface area is 263 Å². The molecule has 4 aromatic carbocycles. The van der Waals surface area contributed by atoms with Crippen LogP contribution in [0.2, 0.25) is 0 Å². The molecule has 0 saturated heterocycles. The Hall–Kier alpha value is -0.922. The summed E-state index contributed by atoms with van der Waals surface area (Å²) >= 11 is 0. The molecule has 0 bridgehead atoms. The molecule has 0 atom stereocenters. The van der Waals surface area contributed by atoms with Gasteiger partial charge in [-0.15, -0.1) is 0 Å². The first kappa shape index (κ1) is 35.1. The third kappa shape index (κ3) is 16.9. The topological polar surface area (TPSA) is 0 Å². The quantitative estimate of drug-likeness (QED) is 0.246. The summed E-state index contributed by atoms with van der Waals surface area (Å²) < 4.78 is 0. The molecule has 0 aromatic heterocycles. The Morgan fingerprint density at radius 1 is 0.342 bits per heavy atom. The molecule has 0 heterocycles. The molecule has 0 amide bonds. The second-order valence-corrected chi connectivity index (χ2v) is 10.2. The minimum Gasteiger partial charge on any atom is -0.472 e. The molecule has 2 fully saturated rings. The molecular weight excluding hydrogens is 570 g/mol. The molecule has 4 heteroatoms. The smallest absolute Gasteiger partial charge is 0.472 e. The zero-order chi connectivity index (χ0) is 24.9. The summed E-state index contributed by atoms with van der Waals surface area (Å²) in [6.45, 7) is 0. The van der Waals surface area contributed by atoms with Crippen molar-refractivity contribution < 1.29 is 41.2 Å². The van der Waals surface area contributed by atoms with Crippen LogP contribution in [-0.4, -0.2) is 0 Å². The van der Waals surface area contributed by atoms with Crippen LogP contribution in [-0.2, 0) is 22.4 Å². The van der Waals surface area contributed by atoms with Crippen LogP contribution in [0, 0.1) is 64.2 Å². The van der Waals surface area contributed by atoms with Gasteiger partial charge in [-0.25, -0.2) is 10.6 Å². The SMILES string of the molecule is [CH]1[CH][CH][CH][CH]1.[CH]1[CH][CH][CH][CH]1.[Li+].[Nb+2].c1ccc(Pc2ccccc2)cc1.c1ccc([P-]c2ccccc2)cc1. The predicted molar refractivity (Wildman–Crippen MR) is 163 cm³/mol. The predicted octanol–water partition coefficient (Wildman–Crippen LogP) is 3.94. The van der Waals surface area contributed by atoms with Crippen molar-refractivity contribution in [2.75, 3.05) is 0 Å². The van der Waals surface area contributed by atoms with Crippen LogP contribution in [0.5, 0.6) is 0 Å². The van der Waals surface area contributed by atoms with Crippen LogP contribution >= 0.6 is 17.2 Å². The van der Waals surface area contributed by atoms with Gasteiger partial charge in [-0.2, -0.15) is 0 Å². The van der Waals surface area contributed by atoms with Gasteiger partial charge in [0.05, 0.1) is 0 Å². The van der Waals surface area contributed by atoms with Crippen molar-refractivity contribution in [2.45, 2.75) is 0 Å². The summed E-state index contributed by atoms with van der Waals surface area (Å²) in [5, 5.41) is 5.48. The zero-order valence-electron chi connectivity index (χ0n) is 21.7. The molecule has 2 aliphatic rings. The summed E-state index contributed by atoms with van der Waals surface area (Å²) in [4.78, 5) is 0. The van der Waals surface area contributed by atoms with E-state index in [1.165, 1.54) is 29.8 Å². The van der Waals surface area contributed by atoms with Gasteiger partial charge in [0.15, 0.2) is 0 Å². The van der Waals surface area contributed by atoms with E-state index in [-0.39, 0.29) is 41.2 Å². The molecule has 181 valence electrons. The van der Waals surface area contributed by atoms with Crippen LogP contribution in [0.1, 0.15) is 0 Å². The van der Waals surface area contributed by atoms with Gasteiger partial charge >= 0.3 is 41.2 Å². The Kier molecular flexibility index (Phi) is 22.1. The van der Waals surface area contributed by atoms with E-state index in [1.807, 2.05) is 76.3 Å². The summed E-state index contributed by atoms with van der Waals surface area (Å²) in [6.07, 6.45) is 20.0. The second-order valence-electron chi connectivity index (χ2n) is 7.56. The maximum Gasteiger partial charge on any atom is 2.00 e. The van der Waals surface area contributed by atoms with E-state index in [0.29, 0.717) is 0 Å². The molecule has 2 saturated carbocycles. The molecule has 6 rings (SSSR count). The Morgan fingerprint density at radius 3 is 0.842 bits per heavy atom. The van der Waals surface area contributed by atoms with Gasteiger partial charge in [0, 0.05) is 0 Å². The molecular formula is C34H31LiNbP2+2. The summed E-state index contributed by atoms with van der Waals surface area (Å²) in [5.74, 6) is 0. The number of hydrogen-bond donors (Lipinski definition) is 0. The molecule has 4 aromatic rings. The van der Waals surface area contributed by atoms with Crippen LogP contribution < -0.4 is 40.1 Å². The first-order valence-electron chi connectivity index (χ1n) is 11.9. The Bertz CT molecular complexity index is 846. The fourth-order valence-corrected chi connectivity index (χ4v) is 5.00. The van der Waals surface area contributed by atoms with E-state index < -0.39 is 0 Å². The van der Waals surface area contributed by atoms with Gasteiger partial charge < -0.3 is 8.58 Å². The molecule has 0 aliphatic heterocycles. The van der Waals surface area contributed by atoms with E-state index in [0.717, 1.165) is 8.58 Å². The Morgan fingerprint density at radius 2 is 0.579 bits per heavy atom. The van der Waals surface area contributed by atoms with Crippen LogP contribution in [0.25, 0.3) is 0 Å². The summed E-state index contributed by atoms with van der Waals surface area (Å²) in [5.41, 5.74) is 0. The van der Waals surface area contributed by atoms with Crippen molar-refractivity contribution >= 4 is 38.4 Å². The molecule has 0 nitrogen and oxygen atoms in total. The molecule has 0 N–H and O–H groups in total.